The minimum absolute atomic E-state index is 0.200. The van der Waals surface area contributed by atoms with Gasteiger partial charge in [0.05, 0.1) is 24.3 Å². The van der Waals surface area contributed by atoms with Crippen LogP contribution in [0.2, 0.25) is 5.02 Å². The van der Waals surface area contributed by atoms with Crippen molar-refractivity contribution in [2.24, 2.45) is 4.99 Å². The standard InChI is InChI=1S/C26H23ClN2O4S/c1-3-32-23-14-17(8-13-22(23)33-16-18-6-4-5-7-21(18)27)15-24-25(30)29-26(34-24)28-19-9-11-20(31-2)12-10-19/h4-15H,3,16H2,1-2H3,(H,28,29,30)/b24-15-. The Kier molecular flexibility index (Phi) is 7.77. The van der Waals surface area contributed by atoms with Gasteiger partial charge in [0, 0.05) is 10.6 Å². The highest BCUT2D eigenvalue weighted by Gasteiger charge is 2.24. The van der Waals surface area contributed by atoms with Crippen LogP contribution < -0.4 is 19.5 Å². The molecule has 1 aliphatic rings. The van der Waals surface area contributed by atoms with E-state index in [0.717, 1.165) is 22.6 Å². The van der Waals surface area contributed by atoms with Crippen molar-refractivity contribution >= 4 is 46.2 Å². The van der Waals surface area contributed by atoms with E-state index in [1.807, 2.05) is 73.7 Å². The number of methoxy groups -OCH3 is 1. The van der Waals surface area contributed by atoms with Crippen LogP contribution in [0.15, 0.2) is 76.6 Å². The number of rotatable bonds is 8. The van der Waals surface area contributed by atoms with E-state index in [-0.39, 0.29) is 5.91 Å². The smallest absolute Gasteiger partial charge is 0.264 e. The number of nitrogens with zero attached hydrogens (tertiary/aromatic N) is 1. The van der Waals surface area contributed by atoms with Gasteiger partial charge in [-0.3, -0.25) is 4.79 Å². The molecule has 1 saturated heterocycles. The molecule has 34 heavy (non-hydrogen) atoms. The van der Waals surface area contributed by atoms with Crippen molar-refractivity contribution < 1.29 is 19.0 Å². The van der Waals surface area contributed by atoms with E-state index in [4.69, 9.17) is 25.8 Å². The van der Waals surface area contributed by atoms with Crippen LogP contribution in [-0.4, -0.2) is 24.8 Å². The molecule has 3 aromatic rings. The van der Waals surface area contributed by atoms with Crippen molar-refractivity contribution in [1.29, 1.82) is 0 Å². The summed E-state index contributed by atoms with van der Waals surface area (Å²) in [5, 5.41) is 3.97. The Balaban J connectivity index is 1.50. The highest BCUT2D eigenvalue weighted by atomic mass is 35.5. The van der Waals surface area contributed by atoms with E-state index in [1.54, 1.807) is 13.2 Å². The largest absolute Gasteiger partial charge is 0.497 e. The molecule has 8 heteroatoms. The van der Waals surface area contributed by atoms with Gasteiger partial charge in [-0.1, -0.05) is 35.9 Å². The Morgan fingerprint density at radius 2 is 1.82 bits per heavy atom. The number of benzene rings is 3. The number of hydrogen-bond donors (Lipinski definition) is 1. The number of ether oxygens (including phenoxy) is 3. The normalized spacial score (nSPS) is 15.4. The average molecular weight is 495 g/mol. The van der Waals surface area contributed by atoms with E-state index in [1.165, 1.54) is 11.8 Å². The van der Waals surface area contributed by atoms with Gasteiger partial charge in [0.2, 0.25) is 0 Å². The first-order chi connectivity index (χ1) is 16.6. The zero-order valence-electron chi connectivity index (χ0n) is 18.7. The highest BCUT2D eigenvalue weighted by Crippen LogP contribution is 2.33. The first-order valence-electron chi connectivity index (χ1n) is 10.6. The molecule has 1 N–H and O–H groups in total. The van der Waals surface area contributed by atoms with E-state index in [0.29, 0.717) is 39.8 Å². The molecule has 1 heterocycles. The Labute approximate surface area is 207 Å². The van der Waals surface area contributed by atoms with Crippen LogP contribution in [0.5, 0.6) is 17.2 Å². The van der Waals surface area contributed by atoms with Crippen LogP contribution in [-0.2, 0) is 11.4 Å². The van der Waals surface area contributed by atoms with E-state index < -0.39 is 0 Å². The molecule has 0 unspecified atom stereocenters. The second kappa shape index (κ2) is 11.1. The van der Waals surface area contributed by atoms with E-state index >= 15 is 0 Å². The predicted octanol–water partition coefficient (Wildman–Crippen LogP) is 6.22. The highest BCUT2D eigenvalue weighted by molar-refractivity contribution is 8.18. The van der Waals surface area contributed by atoms with Gasteiger partial charge in [-0.15, -0.1) is 0 Å². The molecule has 3 aromatic carbocycles. The van der Waals surface area contributed by atoms with Crippen molar-refractivity contribution in [3.8, 4) is 17.2 Å². The van der Waals surface area contributed by atoms with Gasteiger partial charge in [-0.25, -0.2) is 4.99 Å². The van der Waals surface area contributed by atoms with Crippen molar-refractivity contribution in [1.82, 2.24) is 5.32 Å². The van der Waals surface area contributed by atoms with Gasteiger partial charge in [0.1, 0.15) is 12.4 Å². The maximum atomic E-state index is 12.5. The molecule has 0 saturated carbocycles. The maximum absolute atomic E-state index is 12.5. The van der Waals surface area contributed by atoms with Crippen LogP contribution in [0.3, 0.4) is 0 Å². The Morgan fingerprint density at radius 1 is 1.03 bits per heavy atom. The average Bonchev–Trinajstić information content (AvgIpc) is 3.18. The van der Waals surface area contributed by atoms with Crippen LogP contribution in [0.25, 0.3) is 6.08 Å². The molecule has 1 aliphatic heterocycles. The Morgan fingerprint density at radius 3 is 2.56 bits per heavy atom. The zero-order valence-corrected chi connectivity index (χ0v) is 20.3. The summed E-state index contributed by atoms with van der Waals surface area (Å²) in [4.78, 5) is 17.5. The third kappa shape index (κ3) is 5.92. The minimum atomic E-state index is -0.200. The number of thioether (sulfide) groups is 1. The number of halogens is 1. The molecule has 174 valence electrons. The quantitative estimate of drug-likeness (QED) is 0.376. The molecule has 0 spiro atoms. The molecule has 0 aromatic heterocycles. The summed E-state index contributed by atoms with van der Waals surface area (Å²) in [6.45, 7) is 2.71. The fourth-order valence-electron chi connectivity index (χ4n) is 3.18. The molecular weight excluding hydrogens is 472 g/mol. The van der Waals surface area contributed by atoms with Crippen LogP contribution >= 0.6 is 23.4 Å². The van der Waals surface area contributed by atoms with Gasteiger partial charge in [0.25, 0.3) is 5.91 Å². The van der Waals surface area contributed by atoms with Gasteiger partial charge < -0.3 is 19.5 Å². The van der Waals surface area contributed by atoms with Crippen molar-refractivity contribution in [3.63, 3.8) is 0 Å². The first kappa shape index (κ1) is 23.7. The lowest BCUT2D eigenvalue weighted by Gasteiger charge is -2.13. The van der Waals surface area contributed by atoms with Crippen molar-refractivity contribution in [3.05, 3.63) is 87.8 Å². The third-order valence-electron chi connectivity index (χ3n) is 4.86. The lowest BCUT2D eigenvalue weighted by atomic mass is 10.2. The van der Waals surface area contributed by atoms with Crippen LogP contribution in [0.1, 0.15) is 18.1 Å². The van der Waals surface area contributed by atoms with E-state index in [2.05, 4.69) is 10.3 Å². The maximum Gasteiger partial charge on any atom is 0.264 e. The van der Waals surface area contributed by atoms with Crippen molar-refractivity contribution in [2.75, 3.05) is 13.7 Å². The lowest BCUT2D eigenvalue weighted by molar-refractivity contribution is -0.115. The molecule has 0 aliphatic carbocycles. The second-order valence-electron chi connectivity index (χ2n) is 7.20. The summed E-state index contributed by atoms with van der Waals surface area (Å²) in [6.07, 6.45) is 1.80. The van der Waals surface area contributed by atoms with Gasteiger partial charge in [-0.2, -0.15) is 0 Å². The topological polar surface area (TPSA) is 69.2 Å². The SMILES string of the molecule is CCOc1cc(/C=C2\SC(=Nc3ccc(OC)cc3)NC2=O)ccc1OCc1ccccc1Cl. The van der Waals surface area contributed by atoms with Crippen molar-refractivity contribution in [2.45, 2.75) is 13.5 Å². The second-order valence-corrected chi connectivity index (χ2v) is 8.64. The predicted molar refractivity (Wildman–Crippen MR) is 137 cm³/mol. The van der Waals surface area contributed by atoms with E-state index in [9.17, 15) is 4.79 Å². The first-order valence-corrected chi connectivity index (χ1v) is 11.8. The number of aliphatic imine (C=N–C) groups is 1. The third-order valence-corrected chi connectivity index (χ3v) is 6.14. The fraction of sp³-hybridized carbons (Fsp3) is 0.154. The molecule has 6 nitrogen and oxygen atoms in total. The number of hydrogen-bond acceptors (Lipinski definition) is 6. The molecule has 0 radical (unpaired) electrons. The Hall–Kier alpha value is -3.42. The summed E-state index contributed by atoms with van der Waals surface area (Å²) >= 11 is 7.51. The lowest BCUT2D eigenvalue weighted by Crippen LogP contribution is -2.19. The summed E-state index contributed by atoms with van der Waals surface area (Å²) in [5.41, 5.74) is 2.43. The number of carbonyl (C=O) groups is 1. The molecule has 1 amide bonds. The number of carbonyl (C=O) groups excluding carboxylic acids is 1. The summed E-state index contributed by atoms with van der Waals surface area (Å²) < 4.78 is 16.9. The minimum Gasteiger partial charge on any atom is -0.497 e. The van der Waals surface area contributed by atoms with Crippen LogP contribution in [0.4, 0.5) is 5.69 Å². The molecule has 4 rings (SSSR count). The monoisotopic (exact) mass is 494 g/mol. The number of nitrogens with one attached hydrogen (secondary N) is 1. The molecular formula is C26H23ClN2O4S. The summed E-state index contributed by atoms with van der Waals surface area (Å²) in [7, 11) is 1.61. The number of amides is 1. The number of amidine groups is 1. The van der Waals surface area contributed by atoms with Crippen LogP contribution in [0, 0.1) is 0 Å². The molecule has 1 fully saturated rings. The zero-order chi connectivity index (χ0) is 23.9. The van der Waals surface area contributed by atoms with Gasteiger partial charge in [-0.05, 0) is 72.8 Å². The molecule has 0 atom stereocenters. The van der Waals surface area contributed by atoms with Gasteiger partial charge >= 0.3 is 0 Å². The fourth-order valence-corrected chi connectivity index (χ4v) is 4.21. The molecule has 0 bridgehead atoms. The summed E-state index contributed by atoms with van der Waals surface area (Å²) in [5.74, 6) is 1.75. The Bertz CT molecular complexity index is 1240. The van der Waals surface area contributed by atoms with Gasteiger partial charge in [0.15, 0.2) is 16.7 Å². The summed E-state index contributed by atoms with van der Waals surface area (Å²) in [6, 6.07) is 20.4.